The first-order chi connectivity index (χ1) is 7.97. The van der Waals surface area contributed by atoms with Crippen LogP contribution in [0.25, 0.3) is 0 Å². The quantitative estimate of drug-likeness (QED) is 0.473. The highest BCUT2D eigenvalue weighted by atomic mass is 35.5. The van der Waals surface area contributed by atoms with E-state index in [4.69, 9.17) is 11.6 Å². The molecule has 0 fully saturated rings. The van der Waals surface area contributed by atoms with E-state index in [0.717, 1.165) is 0 Å². The molecule has 2 atom stereocenters. The summed E-state index contributed by atoms with van der Waals surface area (Å²) in [6.45, 7) is 1.47. The lowest BCUT2D eigenvalue weighted by Gasteiger charge is -2.16. The lowest BCUT2D eigenvalue weighted by Crippen LogP contribution is -2.20. The SMILES string of the molecule is Cc1nc(C(O)C(O)CCCl)ccc1[N+](=O)[O-]. The van der Waals surface area contributed by atoms with Crippen molar-refractivity contribution in [3.63, 3.8) is 0 Å². The van der Waals surface area contributed by atoms with Crippen molar-refractivity contribution in [3.05, 3.63) is 33.6 Å². The maximum absolute atomic E-state index is 10.6. The highest BCUT2D eigenvalue weighted by Crippen LogP contribution is 2.22. The molecule has 0 aliphatic carbocycles. The van der Waals surface area contributed by atoms with Gasteiger partial charge in [0.05, 0.1) is 16.7 Å². The predicted octanol–water partition coefficient (Wildman–Crippen LogP) is 1.32. The topological polar surface area (TPSA) is 96.5 Å². The number of aromatic nitrogens is 1. The van der Waals surface area contributed by atoms with Gasteiger partial charge >= 0.3 is 0 Å². The molecule has 0 aliphatic heterocycles. The molecule has 0 saturated heterocycles. The number of aryl methyl sites for hydroxylation is 1. The fraction of sp³-hybridized carbons (Fsp3) is 0.500. The number of halogens is 1. The zero-order chi connectivity index (χ0) is 13.0. The minimum absolute atomic E-state index is 0.118. The van der Waals surface area contributed by atoms with E-state index in [1.54, 1.807) is 0 Å². The minimum atomic E-state index is -1.19. The molecule has 0 spiro atoms. The van der Waals surface area contributed by atoms with E-state index in [1.165, 1.54) is 19.1 Å². The van der Waals surface area contributed by atoms with Crippen molar-refractivity contribution in [2.45, 2.75) is 25.6 Å². The van der Waals surface area contributed by atoms with Crippen LogP contribution in [0.1, 0.15) is 23.9 Å². The van der Waals surface area contributed by atoms with Crippen molar-refractivity contribution in [1.82, 2.24) is 4.98 Å². The van der Waals surface area contributed by atoms with E-state index in [1.807, 2.05) is 0 Å². The average molecular weight is 261 g/mol. The summed E-state index contributed by atoms with van der Waals surface area (Å²) in [4.78, 5) is 13.9. The van der Waals surface area contributed by atoms with Crippen LogP contribution in [0.15, 0.2) is 12.1 Å². The van der Waals surface area contributed by atoms with Crippen LogP contribution >= 0.6 is 11.6 Å². The largest absolute Gasteiger partial charge is 0.390 e. The summed E-state index contributed by atoms with van der Waals surface area (Å²) in [6, 6.07) is 2.58. The molecule has 6 nitrogen and oxygen atoms in total. The zero-order valence-corrected chi connectivity index (χ0v) is 9.96. The fourth-order valence-electron chi connectivity index (χ4n) is 1.40. The van der Waals surface area contributed by atoms with Gasteiger partial charge in [0.25, 0.3) is 5.69 Å². The van der Waals surface area contributed by atoms with Gasteiger partial charge in [-0.15, -0.1) is 11.6 Å². The van der Waals surface area contributed by atoms with Crippen molar-refractivity contribution in [2.75, 3.05) is 5.88 Å². The van der Waals surface area contributed by atoms with Gasteiger partial charge in [-0.05, 0) is 19.4 Å². The molecule has 2 N–H and O–H groups in total. The molecular weight excluding hydrogens is 248 g/mol. The Morgan fingerprint density at radius 2 is 2.18 bits per heavy atom. The molecular formula is C10H13ClN2O4. The number of hydrogen-bond donors (Lipinski definition) is 2. The summed E-state index contributed by atoms with van der Waals surface area (Å²) >= 11 is 5.45. The number of rotatable bonds is 5. The summed E-state index contributed by atoms with van der Waals surface area (Å²) in [5.74, 6) is 0.212. The third-order valence-electron chi connectivity index (χ3n) is 2.35. The lowest BCUT2D eigenvalue weighted by molar-refractivity contribution is -0.385. The number of hydrogen-bond acceptors (Lipinski definition) is 5. The third-order valence-corrected chi connectivity index (χ3v) is 2.57. The van der Waals surface area contributed by atoms with Crippen LogP contribution in [-0.4, -0.2) is 32.1 Å². The summed E-state index contributed by atoms with van der Waals surface area (Å²) in [6.07, 6.45) is -1.99. The average Bonchev–Trinajstić information content (AvgIpc) is 2.27. The van der Waals surface area contributed by atoms with Gasteiger partial charge in [-0.3, -0.25) is 10.1 Å². The van der Waals surface area contributed by atoms with E-state index >= 15 is 0 Å². The molecule has 0 saturated carbocycles. The molecule has 94 valence electrons. The molecule has 7 heteroatoms. The van der Waals surface area contributed by atoms with Gasteiger partial charge in [0.1, 0.15) is 11.8 Å². The Balaban J connectivity index is 2.93. The molecule has 0 amide bonds. The molecule has 0 aliphatic rings. The first kappa shape index (κ1) is 13.8. The van der Waals surface area contributed by atoms with Crippen LogP contribution in [0.2, 0.25) is 0 Å². The van der Waals surface area contributed by atoms with Crippen LogP contribution in [0.3, 0.4) is 0 Å². The molecule has 1 aromatic heterocycles. The number of aliphatic hydroxyl groups is 2. The van der Waals surface area contributed by atoms with Gasteiger partial charge in [-0.25, -0.2) is 4.98 Å². The van der Waals surface area contributed by atoms with E-state index in [2.05, 4.69) is 4.98 Å². The number of nitro groups is 1. The van der Waals surface area contributed by atoms with Crippen LogP contribution in [0.4, 0.5) is 5.69 Å². The molecule has 1 heterocycles. The predicted molar refractivity (Wildman–Crippen MR) is 61.9 cm³/mol. The smallest absolute Gasteiger partial charge is 0.290 e. The number of aliphatic hydroxyl groups excluding tert-OH is 2. The number of pyridine rings is 1. The summed E-state index contributed by atoms with van der Waals surface area (Å²) < 4.78 is 0. The maximum Gasteiger partial charge on any atom is 0.290 e. The van der Waals surface area contributed by atoms with Gasteiger partial charge < -0.3 is 10.2 Å². The van der Waals surface area contributed by atoms with Crippen LogP contribution in [0.5, 0.6) is 0 Å². The summed E-state index contributed by atoms with van der Waals surface area (Å²) in [7, 11) is 0. The van der Waals surface area contributed by atoms with E-state index in [9.17, 15) is 20.3 Å². The Kier molecular flexibility index (Phi) is 4.80. The lowest BCUT2D eigenvalue weighted by atomic mass is 10.1. The molecule has 0 aromatic carbocycles. The van der Waals surface area contributed by atoms with Gasteiger partial charge in [0.15, 0.2) is 0 Å². The Morgan fingerprint density at radius 3 is 2.65 bits per heavy atom. The van der Waals surface area contributed by atoms with E-state index in [0.29, 0.717) is 0 Å². The molecule has 1 rings (SSSR count). The standard InChI is InChI=1S/C10H13ClN2O4/c1-6-8(13(16)17)3-2-7(12-6)10(15)9(14)4-5-11/h2-3,9-10,14-15H,4-5H2,1H3. The van der Waals surface area contributed by atoms with Crippen molar-refractivity contribution in [1.29, 1.82) is 0 Å². The van der Waals surface area contributed by atoms with Gasteiger partial charge in [0, 0.05) is 11.9 Å². The molecule has 17 heavy (non-hydrogen) atoms. The monoisotopic (exact) mass is 260 g/mol. The highest BCUT2D eigenvalue weighted by molar-refractivity contribution is 6.17. The van der Waals surface area contributed by atoms with Gasteiger partial charge in [-0.2, -0.15) is 0 Å². The highest BCUT2D eigenvalue weighted by Gasteiger charge is 2.21. The minimum Gasteiger partial charge on any atom is -0.390 e. The maximum atomic E-state index is 10.6. The van der Waals surface area contributed by atoms with E-state index in [-0.39, 0.29) is 29.4 Å². The first-order valence-corrected chi connectivity index (χ1v) is 5.55. The second kappa shape index (κ2) is 5.90. The number of alkyl halides is 1. The Hall–Kier alpha value is -1.24. The number of nitrogens with zero attached hydrogens (tertiary/aromatic N) is 2. The Bertz CT molecular complexity index is 413. The second-order valence-corrected chi connectivity index (χ2v) is 3.97. The fourth-order valence-corrected chi connectivity index (χ4v) is 1.62. The molecule has 2 unspecified atom stereocenters. The van der Waals surface area contributed by atoms with Crippen LogP contribution in [-0.2, 0) is 0 Å². The van der Waals surface area contributed by atoms with Gasteiger partial charge in [0.2, 0.25) is 0 Å². The van der Waals surface area contributed by atoms with Crippen molar-refractivity contribution in [2.24, 2.45) is 0 Å². The summed E-state index contributed by atoms with van der Waals surface area (Å²) in [5, 5.41) is 29.8. The van der Waals surface area contributed by atoms with Crippen molar-refractivity contribution >= 4 is 17.3 Å². The Labute approximate surface area is 103 Å². The molecule has 0 radical (unpaired) electrons. The van der Waals surface area contributed by atoms with Crippen LogP contribution in [0, 0.1) is 17.0 Å². The molecule has 1 aromatic rings. The second-order valence-electron chi connectivity index (χ2n) is 3.59. The molecule has 0 bridgehead atoms. The third kappa shape index (κ3) is 3.36. The van der Waals surface area contributed by atoms with Gasteiger partial charge in [-0.1, -0.05) is 0 Å². The van der Waals surface area contributed by atoms with Crippen LogP contribution < -0.4 is 0 Å². The van der Waals surface area contributed by atoms with Crippen molar-refractivity contribution < 1.29 is 15.1 Å². The first-order valence-electron chi connectivity index (χ1n) is 5.01. The Morgan fingerprint density at radius 1 is 1.53 bits per heavy atom. The van der Waals surface area contributed by atoms with E-state index < -0.39 is 17.1 Å². The summed E-state index contributed by atoms with van der Waals surface area (Å²) in [5.41, 5.74) is 0.281. The normalized spacial score (nSPS) is 14.4. The van der Waals surface area contributed by atoms with Crippen molar-refractivity contribution in [3.8, 4) is 0 Å². The zero-order valence-electron chi connectivity index (χ0n) is 9.21.